The van der Waals surface area contributed by atoms with E-state index in [0.29, 0.717) is 34.7 Å². The van der Waals surface area contributed by atoms with Gasteiger partial charge in [-0.2, -0.15) is 9.61 Å². The fraction of sp³-hybridized carbons (Fsp3) is 0.350. The van der Waals surface area contributed by atoms with E-state index in [0.717, 1.165) is 25.1 Å². The Morgan fingerprint density at radius 3 is 2.66 bits per heavy atom. The van der Waals surface area contributed by atoms with E-state index in [1.807, 2.05) is 0 Å². The number of unbranched alkanes of at least 4 members (excludes halogenated alkanes) is 1. The van der Waals surface area contributed by atoms with Crippen molar-refractivity contribution in [2.45, 2.75) is 39.7 Å². The fourth-order valence-electron chi connectivity index (χ4n) is 3.13. The van der Waals surface area contributed by atoms with Crippen LogP contribution in [0.3, 0.4) is 0 Å². The molecule has 0 saturated heterocycles. The molecule has 0 aliphatic heterocycles. The van der Waals surface area contributed by atoms with Crippen LogP contribution in [0.2, 0.25) is 0 Å². The highest BCUT2D eigenvalue weighted by Crippen LogP contribution is 2.23. The molecule has 0 saturated carbocycles. The van der Waals surface area contributed by atoms with Gasteiger partial charge in [-0.3, -0.25) is 9.48 Å². The van der Waals surface area contributed by atoms with Crippen molar-refractivity contribution < 1.29 is 13.9 Å². The smallest absolute Gasteiger partial charge is 0.327 e. The number of carbonyl (C=O) groups excluding carboxylic acids is 1. The maximum Gasteiger partial charge on any atom is 0.327 e. The molecule has 4 rings (SSSR count). The van der Waals surface area contributed by atoms with Crippen molar-refractivity contribution in [2.75, 3.05) is 6.61 Å². The summed E-state index contributed by atoms with van der Waals surface area (Å²) in [5, 5.41) is 9.72. The summed E-state index contributed by atoms with van der Waals surface area (Å²) in [5.74, 6) is 0.549. The molecule has 0 bridgehead atoms. The molecule has 0 aliphatic rings. The van der Waals surface area contributed by atoms with Crippen LogP contribution in [-0.4, -0.2) is 41.9 Å². The van der Waals surface area contributed by atoms with E-state index in [1.165, 1.54) is 16.8 Å². The number of halogens is 1. The van der Waals surface area contributed by atoms with E-state index >= 15 is 0 Å². The van der Waals surface area contributed by atoms with Gasteiger partial charge in [-0.15, -0.1) is 5.10 Å². The average Bonchev–Trinajstić information content (AvgIpc) is 3.30. The lowest BCUT2D eigenvalue weighted by atomic mass is 10.2. The quantitative estimate of drug-likeness (QED) is 0.446. The van der Waals surface area contributed by atoms with Crippen LogP contribution in [0.25, 0.3) is 28.1 Å². The molecule has 9 heteroatoms. The molecule has 0 atom stereocenters. The van der Waals surface area contributed by atoms with Gasteiger partial charge in [0.25, 0.3) is 0 Å². The number of aryl methyl sites for hydroxylation is 1. The first-order chi connectivity index (χ1) is 14.1. The summed E-state index contributed by atoms with van der Waals surface area (Å²) >= 11 is 0. The highest BCUT2D eigenvalue weighted by Gasteiger charge is 2.17. The van der Waals surface area contributed by atoms with Gasteiger partial charge in [-0.1, -0.05) is 13.3 Å². The standard InChI is InChI=1S/C20H21FN6O2/c1-3-5-6-16-22-19-15(11-26(24-19)12-17(28)29-4-2)20-23-18(25-27(16)20)13-7-9-14(21)10-8-13/h7-11H,3-6,12H2,1-2H3. The van der Waals surface area contributed by atoms with E-state index in [4.69, 9.17) is 4.74 Å². The van der Waals surface area contributed by atoms with Gasteiger partial charge in [0.05, 0.1) is 12.0 Å². The summed E-state index contributed by atoms with van der Waals surface area (Å²) in [5.41, 5.74) is 1.82. The van der Waals surface area contributed by atoms with Gasteiger partial charge in [-0.05, 0) is 37.6 Å². The second-order valence-electron chi connectivity index (χ2n) is 6.68. The normalized spacial score (nSPS) is 11.4. The van der Waals surface area contributed by atoms with Gasteiger partial charge in [-0.25, -0.2) is 14.4 Å². The molecular formula is C20H21FN6O2. The van der Waals surface area contributed by atoms with E-state index in [2.05, 4.69) is 27.1 Å². The van der Waals surface area contributed by atoms with Crippen molar-refractivity contribution in [2.24, 2.45) is 0 Å². The number of benzene rings is 1. The zero-order valence-corrected chi connectivity index (χ0v) is 16.3. The van der Waals surface area contributed by atoms with Gasteiger partial charge in [0, 0.05) is 18.2 Å². The number of hydrogen-bond acceptors (Lipinski definition) is 6. The Bertz CT molecular complexity index is 1170. The number of nitrogens with zero attached hydrogens (tertiary/aromatic N) is 6. The fourth-order valence-corrected chi connectivity index (χ4v) is 3.13. The Balaban J connectivity index is 1.83. The summed E-state index contributed by atoms with van der Waals surface area (Å²) in [6.45, 7) is 4.18. The lowest BCUT2D eigenvalue weighted by Crippen LogP contribution is -2.13. The minimum atomic E-state index is -0.365. The number of esters is 1. The molecule has 29 heavy (non-hydrogen) atoms. The minimum Gasteiger partial charge on any atom is -0.465 e. The number of aromatic nitrogens is 6. The zero-order valence-electron chi connectivity index (χ0n) is 16.3. The molecule has 3 heterocycles. The Labute approximate surface area is 166 Å². The van der Waals surface area contributed by atoms with Crippen LogP contribution in [-0.2, 0) is 22.5 Å². The number of hydrogen-bond donors (Lipinski definition) is 0. The topological polar surface area (TPSA) is 87.2 Å². The third-order valence-corrected chi connectivity index (χ3v) is 4.52. The highest BCUT2D eigenvalue weighted by molar-refractivity contribution is 5.89. The summed E-state index contributed by atoms with van der Waals surface area (Å²) in [7, 11) is 0. The molecule has 8 nitrogen and oxygen atoms in total. The van der Waals surface area contributed by atoms with Crippen molar-refractivity contribution in [3.8, 4) is 11.4 Å². The molecule has 1 aromatic carbocycles. The van der Waals surface area contributed by atoms with Gasteiger partial charge in [0.1, 0.15) is 18.2 Å². The molecule has 0 amide bonds. The molecule has 0 radical (unpaired) electrons. The van der Waals surface area contributed by atoms with E-state index in [-0.39, 0.29) is 18.3 Å². The Morgan fingerprint density at radius 1 is 1.14 bits per heavy atom. The maximum atomic E-state index is 13.3. The molecule has 0 fully saturated rings. The molecule has 0 N–H and O–H groups in total. The summed E-state index contributed by atoms with van der Waals surface area (Å²) in [6, 6.07) is 6.05. The summed E-state index contributed by atoms with van der Waals surface area (Å²) in [4.78, 5) is 21.1. The monoisotopic (exact) mass is 396 g/mol. The maximum absolute atomic E-state index is 13.3. The van der Waals surface area contributed by atoms with Gasteiger partial charge in [0.2, 0.25) is 0 Å². The number of carbonyl (C=O) groups is 1. The lowest BCUT2D eigenvalue weighted by Gasteiger charge is -2.02. The molecular weight excluding hydrogens is 375 g/mol. The Morgan fingerprint density at radius 2 is 1.93 bits per heavy atom. The Kier molecular flexibility index (Phi) is 5.20. The van der Waals surface area contributed by atoms with Gasteiger partial charge in [0.15, 0.2) is 17.1 Å². The van der Waals surface area contributed by atoms with Gasteiger partial charge >= 0.3 is 5.97 Å². The van der Waals surface area contributed by atoms with Crippen LogP contribution in [0.15, 0.2) is 30.5 Å². The largest absolute Gasteiger partial charge is 0.465 e. The van der Waals surface area contributed by atoms with Crippen LogP contribution in [0, 0.1) is 5.82 Å². The first-order valence-electron chi connectivity index (χ1n) is 9.63. The van der Waals surface area contributed by atoms with Crippen molar-refractivity contribution in [1.82, 2.24) is 29.4 Å². The number of rotatable bonds is 7. The van der Waals surface area contributed by atoms with Crippen LogP contribution in [0.1, 0.15) is 32.5 Å². The molecule has 4 aromatic rings. The van der Waals surface area contributed by atoms with Crippen molar-refractivity contribution in [1.29, 1.82) is 0 Å². The minimum absolute atomic E-state index is 0.000387. The number of ether oxygens (including phenoxy) is 1. The van der Waals surface area contributed by atoms with Crippen LogP contribution < -0.4 is 0 Å². The second kappa shape index (κ2) is 7.94. The van der Waals surface area contributed by atoms with Crippen molar-refractivity contribution in [3.05, 3.63) is 42.1 Å². The summed E-state index contributed by atoms with van der Waals surface area (Å²) < 4.78 is 21.5. The van der Waals surface area contributed by atoms with E-state index < -0.39 is 0 Å². The highest BCUT2D eigenvalue weighted by atomic mass is 19.1. The first-order valence-corrected chi connectivity index (χ1v) is 9.63. The van der Waals surface area contributed by atoms with Crippen molar-refractivity contribution in [3.63, 3.8) is 0 Å². The average molecular weight is 396 g/mol. The lowest BCUT2D eigenvalue weighted by molar-refractivity contribution is -0.144. The summed E-state index contributed by atoms with van der Waals surface area (Å²) in [6.07, 6.45) is 4.40. The third kappa shape index (κ3) is 3.80. The zero-order chi connectivity index (χ0) is 20.4. The van der Waals surface area contributed by atoms with Gasteiger partial charge < -0.3 is 4.74 Å². The molecule has 0 spiro atoms. The molecule has 0 unspecified atom stereocenters. The third-order valence-electron chi connectivity index (χ3n) is 4.52. The molecule has 0 aliphatic carbocycles. The predicted octanol–water partition coefficient (Wildman–Crippen LogP) is 3.19. The molecule has 3 aromatic heterocycles. The van der Waals surface area contributed by atoms with E-state index in [1.54, 1.807) is 29.8 Å². The number of fused-ring (bicyclic) bond motifs is 3. The van der Waals surface area contributed by atoms with Crippen molar-refractivity contribution >= 4 is 22.6 Å². The molecule has 150 valence electrons. The van der Waals surface area contributed by atoms with Crippen LogP contribution >= 0.6 is 0 Å². The Hall–Kier alpha value is -3.36. The SMILES string of the molecule is CCCCc1nc2nn(CC(=O)OCC)cc2c2nc(-c3ccc(F)cc3)nn12. The first kappa shape index (κ1) is 19.0. The van der Waals surface area contributed by atoms with Crippen LogP contribution in [0.5, 0.6) is 0 Å². The van der Waals surface area contributed by atoms with Crippen LogP contribution in [0.4, 0.5) is 4.39 Å². The second-order valence-corrected chi connectivity index (χ2v) is 6.68. The predicted molar refractivity (Wildman–Crippen MR) is 105 cm³/mol. The van der Waals surface area contributed by atoms with E-state index in [9.17, 15) is 9.18 Å².